The van der Waals surface area contributed by atoms with Crippen LogP contribution in [0.5, 0.6) is 0 Å². The molecule has 28 heavy (non-hydrogen) atoms. The fourth-order valence-electron chi connectivity index (χ4n) is 1.77. The zero-order chi connectivity index (χ0) is 21.9. The van der Waals surface area contributed by atoms with Crippen LogP contribution in [-0.2, 0) is 28.7 Å². The summed E-state index contributed by atoms with van der Waals surface area (Å²) in [6.07, 6.45) is 2.54. The van der Waals surface area contributed by atoms with Crippen LogP contribution in [0, 0.1) is 11.8 Å². The van der Waals surface area contributed by atoms with Gasteiger partial charge in [0.05, 0.1) is 23.3 Å². The van der Waals surface area contributed by atoms with Crippen LogP contribution in [0.2, 0.25) is 0 Å². The van der Waals surface area contributed by atoms with Crippen LogP contribution in [0.3, 0.4) is 0 Å². The van der Waals surface area contributed by atoms with Gasteiger partial charge in [0, 0.05) is 11.5 Å². The molecule has 0 heterocycles. The van der Waals surface area contributed by atoms with E-state index in [9.17, 15) is 19.2 Å². The van der Waals surface area contributed by atoms with Gasteiger partial charge in [-0.1, -0.05) is 12.8 Å². The summed E-state index contributed by atoms with van der Waals surface area (Å²) in [4.78, 5) is 42.3. The lowest BCUT2D eigenvalue weighted by Gasteiger charge is -2.11. The van der Waals surface area contributed by atoms with E-state index in [2.05, 4.69) is 60.0 Å². The lowest BCUT2D eigenvalue weighted by molar-refractivity contribution is -0.148. The van der Waals surface area contributed by atoms with Gasteiger partial charge in [0.15, 0.2) is 0 Å². The van der Waals surface area contributed by atoms with Gasteiger partial charge in [-0.2, -0.15) is 50.5 Å². The molecule has 12 heteroatoms. The first-order valence-corrected chi connectivity index (χ1v) is 11.0. The molecule has 2 unspecified atom stereocenters. The average molecular weight is 477 g/mol. The maximum absolute atomic E-state index is 10.7. The Hall–Kier alpha value is -0.720. The van der Waals surface area contributed by atoms with Gasteiger partial charge in [0.2, 0.25) is 0 Å². The Morgan fingerprint density at radius 2 is 1.00 bits per heavy atom. The van der Waals surface area contributed by atoms with Crippen molar-refractivity contribution in [2.45, 2.75) is 25.7 Å². The zero-order valence-corrected chi connectivity index (χ0v) is 18.9. The molecule has 164 valence electrons. The Labute approximate surface area is 186 Å². The van der Waals surface area contributed by atoms with E-state index in [1.165, 1.54) is 0 Å². The third-order valence-corrected chi connectivity index (χ3v) is 4.76. The summed E-state index contributed by atoms with van der Waals surface area (Å²) in [5.41, 5.74) is 0. The third kappa shape index (κ3) is 17.4. The van der Waals surface area contributed by atoms with Crippen LogP contribution in [0.4, 0.5) is 0 Å². The lowest BCUT2D eigenvalue weighted by Crippen LogP contribution is -2.17. The van der Waals surface area contributed by atoms with Gasteiger partial charge in [0.1, 0.15) is 13.2 Å². The maximum atomic E-state index is 10.7. The van der Waals surface area contributed by atoms with E-state index in [0.29, 0.717) is 24.3 Å². The molecule has 0 aromatic rings. The molecule has 0 saturated carbocycles. The largest absolute Gasteiger partial charge is 0.481 e. The van der Waals surface area contributed by atoms with E-state index >= 15 is 0 Å². The van der Waals surface area contributed by atoms with Crippen molar-refractivity contribution in [3.63, 3.8) is 0 Å². The minimum Gasteiger partial charge on any atom is -0.481 e. The Balaban J connectivity index is 0. The summed E-state index contributed by atoms with van der Waals surface area (Å²) in [5.74, 6) is -2.68. The third-order valence-electron chi connectivity index (χ3n) is 3.36. The monoisotopic (exact) mass is 476 g/mol. The number of carboxylic acids is 2. The number of unbranched alkanes of at least 4 members (excludes halogenated alkanes) is 1. The molecule has 0 spiro atoms. The molecule has 8 nitrogen and oxygen atoms in total. The van der Waals surface area contributed by atoms with Crippen LogP contribution in [0.1, 0.15) is 25.7 Å². The lowest BCUT2D eigenvalue weighted by atomic mass is 9.99. The molecule has 2 atom stereocenters. The second-order valence-electron chi connectivity index (χ2n) is 5.48. The minimum atomic E-state index is -0.834. The van der Waals surface area contributed by atoms with Gasteiger partial charge in [0.25, 0.3) is 0 Å². The number of carbonyl (C=O) groups is 4. The predicted octanol–water partition coefficient (Wildman–Crippen LogP) is 1.74. The minimum absolute atomic E-state index is 0.0283. The molecule has 0 rings (SSSR count). The van der Waals surface area contributed by atoms with Gasteiger partial charge in [-0.3, -0.25) is 19.2 Å². The number of esters is 2. The first kappa shape index (κ1) is 29.5. The number of aliphatic carboxylic acids is 2. The second-order valence-corrected chi connectivity index (χ2v) is 6.84. The van der Waals surface area contributed by atoms with E-state index in [-0.39, 0.29) is 24.7 Å². The molecule has 0 aromatic heterocycles. The van der Waals surface area contributed by atoms with Crippen LogP contribution in [-0.4, -0.2) is 70.3 Å². The van der Waals surface area contributed by atoms with Crippen molar-refractivity contribution in [3.8, 4) is 0 Å². The van der Waals surface area contributed by atoms with E-state index in [4.69, 9.17) is 10.2 Å². The molecule has 0 aliphatic carbocycles. The number of carboxylic acid groups (broad SMARTS) is 2. The van der Waals surface area contributed by atoms with Crippen molar-refractivity contribution in [2.24, 2.45) is 11.8 Å². The molecule has 0 fully saturated rings. The topological polar surface area (TPSA) is 127 Å². The zero-order valence-electron chi connectivity index (χ0n) is 15.4. The number of hydrogen-bond acceptors (Lipinski definition) is 10. The highest BCUT2D eigenvalue weighted by atomic mass is 32.1. The Bertz CT molecular complexity index is 434. The first-order chi connectivity index (χ1) is 13.2. The average Bonchev–Trinajstić information content (AvgIpc) is 2.67. The fourth-order valence-corrected chi connectivity index (χ4v) is 2.63. The highest BCUT2D eigenvalue weighted by Gasteiger charge is 2.17. The number of hydrogen-bond donors (Lipinski definition) is 6. The molecule has 0 amide bonds. The van der Waals surface area contributed by atoms with Gasteiger partial charge < -0.3 is 19.7 Å². The summed E-state index contributed by atoms with van der Waals surface area (Å²) < 4.78 is 9.14. The highest BCUT2D eigenvalue weighted by Crippen LogP contribution is 2.16. The number of carbonyl (C=O) groups excluding carboxylic acids is 2. The second kappa shape index (κ2) is 19.6. The number of thiol groups is 4. The quantitative estimate of drug-likeness (QED) is 0.127. The van der Waals surface area contributed by atoms with E-state index in [1.54, 1.807) is 0 Å². The van der Waals surface area contributed by atoms with Crippen molar-refractivity contribution in [3.05, 3.63) is 0 Å². The maximum Gasteiger partial charge on any atom is 0.315 e. The molecule has 0 radical (unpaired) electrons. The normalized spacial score (nSPS) is 12.1. The van der Waals surface area contributed by atoms with E-state index in [1.807, 2.05) is 0 Å². The van der Waals surface area contributed by atoms with Crippen LogP contribution in [0.15, 0.2) is 0 Å². The van der Waals surface area contributed by atoms with Crippen molar-refractivity contribution < 1.29 is 38.9 Å². The number of rotatable bonds is 14. The van der Waals surface area contributed by atoms with Crippen LogP contribution < -0.4 is 0 Å². The Morgan fingerprint density at radius 3 is 1.21 bits per heavy atom. The van der Waals surface area contributed by atoms with Crippen LogP contribution in [0.25, 0.3) is 0 Å². The summed E-state index contributed by atoms with van der Waals surface area (Å²) in [5, 5.41) is 17.5. The first-order valence-electron chi connectivity index (χ1n) is 8.43. The standard InChI is InChI=1S/C10H18O4S2.C6H10O4S2/c11-9(12)7(5-15)3-1-2-4-8(6-16)10(13)14;7-5(3-11)9-1-2-10-6(8)4-12/h7-8,15-16H,1-6H2,(H,11,12)(H,13,14);11-12H,1-4H2. The smallest absolute Gasteiger partial charge is 0.315 e. The molecule has 0 saturated heterocycles. The molecule has 0 aliphatic heterocycles. The molecule has 0 aromatic carbocycles. The van der Waals surface area contributed by atoms with Crippen molar-refractivity contribution in [2.75, 3.05) is 36.2 Å². The molecule has 2 N–H and O–H groups in total. The summed E-state index contributed by atoms with van der Waals surface area (Å²) >= 11 is 15.3. The summed E-state index contributed by atoms with van der Waals surface area (Å²) in [7, 11) is 0. The van der Waals surface area contributed by atoms with Crippen molar-refractivity contribution in [1.82, 2.24) is 0 Å². The Morgan fingerprint density at radius 1 is 0.679 bits per heavy atom. The Kier molecular flexibility index (Phi) is 20.6. The molecule has 0 bridgehead atoms. The summed E-state index contributed by atoms with van der Waals surface area (Å²) in [6, 6.07) is 0. The van der Waals surface area contributed by atoms with E-state index in [0.717, 1.165) is 12.8 Å². The van der Waals surface area contributed by atoms with Gasteiger partial charge in [-0.25, -0.2) is 0 Å². The molecular formula is C16H28O8S4. The molecular weight excluding hydrogens is 448 g/mol. The van der Waals surface area contributed by atoms with Gasteiger partial charge in [-0.05, 0) is 12.8 Å². The van der Waals surface area contributed by atoms with Gasteiger partial charge in [-0.15, -0.1) is 0 Å². The molecule has 0 aliphatic rings. The van der Waals surface area contributed by atoms with Crippen molar-refractivity contribution >= 4 is 74.4 Å². The number of ether oxygens (including phenoxy) is 2. The SMILES string of the molecule is O=C(CS)OCCOC(=O)CS.O=C(O)C(CS)CCCCC(CS)C(=O)O. The van der Waals surface area contributed by atoms with Crippen LogP contribution >= 0.6 is 50.5 Å². The van der Waals surface area contributed by atoms with Crippen molar-refractivity contribution in [1.29, 1.82) is 0 Å². The predicted molar refractivity (Wildman–Crippen MR) is 118 cm³/mol. The summed E-state index contributed by atoms with van der Waals surface area (Å²) in [6.45, 7) is 0.137. The fraction of sp³-hybridized carbons (Fsp3) is 0.750. The van der Waals surface area contributed by atoms with Gasteiger partial charge >= 0.3 is 23.9 Å². The van der Waals surface area contributed by atoms with E-state index < -0.39 is 35.7 Å². The highest BCUT2D eigenvalue weighted by molar-refractivity contribution is 7.81.